The third-order valence-corrected chi connectivity index (χ3v) is 15.3. The molecule has 0 spiro atoms. The summed E-state index contributed by atoms with van der Waals surface area (Å²) >= 11 is 0. The van der Waals surface area contributed by atoms with Gasteiger partial charge in [0, 0.05) is 153 Å². The highest BCUT2D eigenvalue weighted by atomic mass is 16.2. The molecule has 0 radical (unpaired) electrons. The van der Waals surface area contributed by atoms with Crippen LogP contribution in [0.1, 0.15) is 92.8 Å². The number of benzene rings is 2. The molecule has 2 N–H and O–H groups in total. The lowest BCUT2D eigenvalue weighted by Gasteiger charge is -2.35. The van der Waals surface area contributed by atoms with Gasteiger partial charge in [0.05, 0.1) is 22.3 Å². The van der Waals surface area contributed by atoms with Crippen molar-refractivity contribution in [3.63, 3.8) is 0 Å². The van der Waals surface area contributed by atoms with E-state index in [9.17, 15) is 19.2 Å². The molecule has 0 saturated carbocycles. The molecular formula is C50H80N12O4. The van der Waals surface area contributed by atoms with Gasteiger partial charge in [0.2, 0.25) is 0 Å². The molecule has 6 heterocycles. The molecule has 0 bridgehead atoms. The molecule has 16 heteroatoms. The van der Waals surface area contributed by atoms with Crippen molar-refractivity contribution < 1.29 is 19.2 Å². The van der Waals surface area contributed by atoms with E-state index in [1.54, 1.807) is 0 Å². The first-order chi connectivity index (χ1) is 32.0. The van der Waals surface area contributed by atoms with Crippen LogP contribution >= 0.6 is 0 Å². The standard InChI is InChI=1S/C50H80N12O4/c1-53-21-29-57(30-22-53)15-7-5-9-19-61-47(63)39-37-42(52-14-12-18-60-35-27-56(4)28-36-60)46-44-40(48(64)62(50(46)66)20-10-6-8-16-58-31-23-54(2)24-32-58)38-41(45(43(39)44)49(61)65)51-13-11-17-59-33-25-55(3)26-34-59/h37-38,51-52H,5-36H2,1-4H3. The molecule has 8 rings (SSSR count). The minimum atomic E-state index is -0.348. The van der Waals surface area contributed by atoms with Crippen molar-refractivity contribution in [3.05, 3.63) is 34.4 Å². The van der Waals surface area contributed by atoms with E-state index >= 15 is 0 Å². The van der Waals surface area contributed by atoms with Gasteiger partial charge in [-0.15, -0.1) is 0 Å². The van der Waals surface area contributed by atoms with Crippen LogP contribution < -0.4 is 10.6 Å². The number of piperazine rings is 4. The van der Waals surface area contributed by atoms with Crippen molar-refractivity contribution in [2.24, 2.45) is 0 Å². The van der Waals surface area contributed by atoms with Crippen LogP contribution in [-0.2, 0) is 0 Å². The minimum Gasteiger partial charge on any atom is -0.384 e. The van der Waals surface area contributed by atoms with Gasteiger partial charge in [0.25, 0.3) is 23.6 Å². The Morgan fingerprint density at radius 3 is 0.970 bits per heavy atom. The number of carbonyl (C=O) groups excluding carboxylic acids is 4. The number of nitrogens with zero attached hydrogens (tertiary/aromatic N) is 10. The number of carbonyl (C=O) groups is 4. The Hall–Kier alpha value is -3.74. The highest BCUT2D eigenvalue weighted by Crippen LogP contribution is 2.44. The average molecular weight is 913 g/mol. The van der Waals surface area contributed by atoms with Crippen LogP contribution in [-0.4, -0.2) is 258 Å². The van der Waals surface area contributed by atoms with Crippen molar-refractivity contribution in [2.75, 3.05) is 196 Å². The smallest absolute Gasteiger partial charge is 0.263 e. The number of imide groups is 2. The molecule has 0 unspecified atom stereocenters. The maximum Gasteiger partial charge on any atom is 0.263 e. The van der Waals surface area contributed by atoms with E-state index in [0.717, 1.165) is 169 Å². The Labute approximate surface area is 394 Å². The predicted molar refractivity (Wildman–Crippen MR) is 264 cm³/mol. The normalized spacial score (nSPS) is 21.5. The number of unbranched alkanes of at least 4 members (excludes halogenated alkanes) is 4. The summed E-state index contributed by atoms with van der Waals surface area (Å²) in [7, 11) is 8.67. The Morgan fingerprint density at radius 2 is 0.652 bits per heavy atom. The van der Waals surface area contributed by atoms with Gasteiger partial charge < -0.3 is 49.8 Å². The Kier molecular flexibility index (Phi) is 17.0. The van der Waals surface area contributed by atoms with Crippen LogP contribution in [0.2, 0.25) is 0 Å². The first kappa shape index (κ1) is 48.7. The monoisotopic (exact) mass is 913 g/mol. The number of amides is 4. The molecule has 364 valence electrons. The number of rotatable bonds is 22. The Balaban J connectivity index is 1.05. The lowest BCUT2D eigenvalue weighted by molar-refractivity contribution is 0.0586. The third-order valence-electron chi connectivity index (χ3n) is 15.3. The van der Waals surface area contributed by atoms with Gasteiger partial charge in [-0.2, -0.15) is 0 Å². The van der Waals surface area contributed by atoms with Gasteiger partial charge in [0.15, 0.2) is 0 Å². The summed E-state index contributed by atoms with van der Waals surface area (Å²) in [4.78, 5) is 81.6. The molecule has 2 aromatic rings. The summed E-state index contributed by atoms with van der Waals surface area (Å²) < 4.78 is 0. The zero-order valence-electron chi connectivity index (χ0n) is 40.9. The maximum atomic E-state index is 14.9. The van der Waals surface area contributed by atoms with Crippen LogP contribution in [0.3, 0.4) is 0 Å². The van der Waals surface area contributed by atoms with Crippen LogP contribution in [0, 0.1) is 0 Å². The predicted octanol–water partition coefficient (Wildman–Crippen LogP) is 2.97. The van der Waals surface area contributed by atoms with E-state index in [1.165, 1.54) is 9.80 Å². The van der Waals surface area contributed by atoms with Crippen molar-refractivity contribution in [1.82, 2.24) is 49.0 Å². The van der Waals surface area contributed by atoms with E-state index in [0.29, 0.717) is 83.4 Å². The molecule has 16 nitrogen and oxygen atoms in total. The van der Waals surface area contributed by atoms with Gasteiger partial charge in [-0.3, -0.25) is 29.0 Å². The molecule has 2 aromatic carbocycles. The quantitative estimate of drug-likeness (QED) is 0.133. The molecule has 0 atom stereocenters. The largest absolute Gasteiger partial charge is 0.384 e. The number of anilines is 2. The molecule has 6 aliphatic heterocycles. The van der Waals surface area contributed by atoms with Gasteiger partial charge >= 0.3 is 0 Å². The van der Waals surface area contributed by atoms with Gasteiger partial charge in [-0.1, -0.05) is 12.8 Å². The van der Waals surface area contributed by atoms with Crippen LogP contribution in [0.25, 0.3) is 10.8 Å². The Morgan fingerprint density at radius 1 is 0.364 bits per heavy atom. The van der Waals surface area contributed by atoms with Crippen molar-refractivity contribution in [1.29, 1.82) is 0 Å². The van der Waals surface area contributed by atoms with Gasteiger partial charge in [-0.05, 0) is 105 Å². The summed E-state index contributed by atoms with van der Waals surface area (Å²) in [6, 6.07) is 3.66. The fourth-order valence-corrected chi connectivity index (χ4v) is 10.7. The zero-order chi connectivity index (χ0) is 46.2. The van der Waals surface area contributed by atoms with E-state index < -0.39 is 0 Å². The van der Waals surface area contributed by atoms with E-state index in [4.69, 9.17) is 0 Å². The van der Waals surface area contributed by atoms with Crippen molar-refractivity contribution in [3.8, 4) is 0 Å². The molecule has 4 saturated heterocycles. The zero-order valence-corrected chi connectivity index (χ0v) is 40.9. The molecule has 6 aliphatic rings. The summed E-state index contributed by atoms with van der Waals surface area (Å²) in [5.74, 6) is -1.39. The number of nitrogens with one attached hydrogen (secondary N) is 2. The van der Waals surface area contributed by atoms with Crippen molar-refractivity contribution in [2.45, 2.75) is 51.4 Å². The van der Waals surface area contributed by atoms with Gasteiger partial charge in [0.1, 0.15) is 0 Å². The number of hydrogen-bond donors (Lipinski definition) is 2. The first-order valence-corrected chi connectivity index (χ1v) is 25.6. The van der Waals surface area contributed by atoms with Crippen LogP contribution in [0.4, 0.5) is 11.4 Å². The first-order valence-electron chi connectivity index (χ1n) is 25.6. The van der Waals surface area contributed by atoms with E-state index in [1.807, 2.05) is 12.1 Å². The molecule has 0 aromatic heterocycles. The summed E-state index contributed by atoms with van der Waals surface area (Å²) in [5.41, 5.74) is 2.74. The fourth-order valence-electron chi connectivity index (χ4n) is 10.7. The molecular weight excluding hydrogens is 833 g/mol. The molecule has 66 heavy (non-hydrogen) atoms. The van der Waals surface area contributed by atoms with Crippen LogP contribution in [0.5, 0.6) is 0 Å². The molecule has 0 aliphatic carbocycles. The molecule has 4 amide bonds. The SMILES string of the molecule is CN1CCN(CCCCCN2C(=O)c3cc(NCCCN4CCN(C)CC4)c4c5c(cc(NCCCN6CCN(C)CC6)c(c35)C2=O)C(=O)N(CCCCCN2CCN(C)CC2)C4=O)CC1. The number of likely N-dealkylation sites (N-methyl/N-ethyl adjacent to an activating group) is 4. The summed E-state index contributed by atoms with van der Waals surface area (Å²) in [5, 5.41) is 8.10. The van der Waals surface area contributed by atoms with Crippen molar-refractivity contribution >= 4 is 45.8 Å². The summed E-state index contributed by atoms with van der Waals surface area (Å²) in [6.45, 7) is 22.7. The highest BCUT2D eigenvalue weighted by Gasteiger charge is 2.42. The second kappa shape index (κ2) is 23.0. The fraction of sp³-hybridized carbons (Fsp3) is 0.720. The minimum absolute atomic E-state index is 0.321. The van der Waals surface area contributed by atoms with Crippen LogP contribution in [0.15, 0.2) is 12.1 Å². The third kappa shape index (κ3) is 11.7. The molecule has 4 fully saturated rings. The maximum absolute atomic E-state index is 14.9. The second-order valence-corrected chi connectivity index (χ2v) is 20.2. The summed E-state index contributed by atoms with van der Waals surface area (Å²) in [6.07, 6.45) is 7.01. The highest BCUT2D eigenvalue weighted by molar-refractivity contribution is 6.36. The second-order valence-electron chi connectivity index (χ2n) is 20.2. The van der Waals surface area contributed by atoms with E-state index in [2.05, 4.69) is 78.0 Å². The van der Waals surface area contributed by atoms with Gasteiger partial charge in [-0.25, -0.2) is 0 Å². The lowest BCUT2D eigenvalue weighted by atomic mass is 9.83. The number of hydrogen-bond acceptors (Lipinski definition) is 14. The topological polar surface area (TPSA) is 125 Å². The lowest BCUT2D eigenvalue weighted by Crippen LogP contribution is -2.45. The Bertz CT molecular complexity index is 1860. The van der Waals surface area contributed by atoms with E-state index in [-0.39, 0.29) is 23.6 Å². The average Bonchev–Trinajstić information content (AvgIpc) is 3.31.